The SMILES string of the molecule is C=C(S)/C=C\C(=C)NC(C)=C(C)C(C)C. The molecule has 0 heterocycles. The maximum absolute atomic E-state index is 4.07. The van der Waals surface area contributed by atoms with Crippen LogP contribution in [0.3, 0.4) is 0 Å². The van der Waals surface area contributed by atoms with Crippen LogP contribution < -0.4 is 5.32 Å². The molecular formula is C13H21NS. The van der Waals surface area contributed by atoms with Crippen molar-refractivity contribution < 1.29 is 0 Å². The van der Waals surface area contributed by atoms with E-state index in [9.17, 15) is 0 Å². The van der Waals surface area contributed by atoms with Crippen LogP contribution in [0.2, 0.25) is 0 Å². The normalized spacial score (nSPS) is 12.9. The number of hydrogen-bond donors (Lipinski definition) is 2. The Balaban J connectivity index is 4.43. The fraction of sp³-hybridized carbons (Fsp3) is 0.385. The molecule has 0 aliphatic carbocycles. The van der Waals surface area contributed by atoms with E-state index in [-0.39, 0.29) is 0 Å². The van der Waals surface area contributed by atoms with Crippen molar-refractivity contribution in [2.75, 3.05) is 0 Å². The Kier molecular flexibility index (Phi) is 6.18. The maximum atomic E-state index is 4.07. The highest BCUT2D eigenvalue weighted by Gasteiger charge is 2.01. The summed E-state index contributed by atoms with van der Waals surface area (Å²) in [6.07, 6.45) is 3.68. The third-order valence-corrected chi connectivity index (χ3v) is 2.43. The lowest BCUT2D eigenvalue weighted by molar-refractivity contribution is 0.740. The van der Waals surface area contributed by atoms with Crippen molar-refractivity contribution in [1.29, 1.82) is 0 Å². The zero-order valence-corrected chi connectivity index (χ0v) is 11.0. The van der Waals surface area contributed by atoms with Gasteiger partial charge in [0.15, 0.2) is 0 Å². The molecule has 0 atom stereocenters. The van der Waals surface area contributed by atoms with Gasteiger partial charge in [0, 0.05) is 11.4 Å². The van der Waals surface area contributed by atoms with Gasteiger partial charge in [-0.25, -0.2) is 0 Å². The summed E-state index contributed by atoms with van der Waals surface area (Å²) < 4.78 is 0. The van der Waals surface area contributed by atoms with E-state index in [4.69, 9.17) is 0 Å². The van der Waals surface area contributed by atoms with E-state index < -0.39 is 0 Å². The molecular weight excluding hydrogens is 202 g/mol. The maximum Gasteiger partial charge on any atom is 0.0309 e. The predicted octanol–water partition coefficient (Wildman–Crippen LogP) is 4.04. The Labute approximate surface area is 99.1 Å². The van der Waals surface area contributed by atoms with Crippen LogP contribution in [0.5, 0.6) is 0 Å². The number of rotatable bonds is 5. The summed E-state index contributed by atoms with van der Waals surface area (Å²) >= 11 is 4.07. The molecule has 0 unspecified atom stereocenters. The van der Waals surface area contributed by atoms with E-state index in [1.165, 1.54) is 5.57 Å². The smallest absolute Gasteiger partial charge is 0.0309 e. The molecule has 0 saturated carbocycles. The summed E-state index contributed by atoms with van der Waals surface area (Å²) in [4.78, 5) is 0.722. The second kappa shape index (κ2) is 6.57. The van der Waals surface area contributed by atoms with Crippen molar-refractivity contribution in [2.24, 2.45) is 5.92 Å². The third-order valence-electron chi connectivity index (χ3n) is 2.28. The van der Waals surface area contributed by atoms with Crippen LogP contribution in [0.1, 0.15) is 27.7 Å². The largest absolute Gasteiger partial charge is 0.360 e. The molecule has 84 valence electrons. The zero-order valence-electron chi connectivity index (χ0n) is 10.1. The molecule has 2 heteroatoms. The lowest BCUT2D eigenvalue weighted by Gasteiger charge is -2.13. The number of nitrogens with one attached hydrogen (secondary N) is 1. The van der Waals surface area contributed by atoms with Crippen LogP contribution in [0, 0.1) is 5.92 Å². The van der Waals surface area contributed by atoms with Gasteiger partial charge in [-0.1, -0.05) is 32.6 Å². The summed E-state index contributed by atoms with van der Waals surface area (Å²) in [5.74, 6) is 0.550. The highest BCUT2D eigenvalue weighted by Crippen LogP contribution is 2.12. The van der Waals surface area contributed by atoms with E-state index >= 15 is 0 Å². The minimum Gasteiger partial charge on any atom is -0.360 e. The Morgan fingerprint density at radius 1 is 1.20 bits per heavy atom. The van der Waals surface area contributed by atoms with Crippen LogP contribution in [-0.2, 0) is 0 Å². The summed E-state index contributed by atoms with van der Waals surface area (Å²) in [5.41, 5.74) is 3.35. The van der Waals surface area contributed by atoms with Gasteiger partial charge in [-0.05, 0) is 36.8 Å². The Hall–Kier alpha value is -0.890. The van der Waals surface area contributed by atoms with Gasteiger partial charge in [0.25, 0.3) is 0 Å². The van der Waals surface area contributed by atoms with E-state index in [2.05, 4.69) is 58.8 Å². The lowest BCUT2D eigenvalue weighted by atomic mass is 10.0. The highest BCUT2D eigenvalue weighted by molar-refractivity contribution is 7.84. The molecule has 0 radical (unpaired) electrons. The Morgan fingerprint density at radius 3 is 2.13 bits per heavy atom. The van der Waals surface area contributed by atoms with Crippen LogP contribution in [0.25, 0.3) is 0 Å². The van der Waals surface area contributed by atoms with Gasteiger partial charge in [-0.3, -0.25) is 0 Å². The number of allylic oxidation sites excluding steroid dienone is 4. The zero-order chi connectivity index (χ0) is 12.0. The van der Waals surface area contributed by atoms with Crippen LogP contribution in [0.15, 0.2) is 47.2 Å². The molecule has 0 aliphatic heterocycles. The Bertz CT molecular complexity index is 308. The summed E-state index contributed by atoms with van der Waals surface area (Å²) in [6, 6.07) is 0. The fourth-order valence-electron chi connectivity index (χ4n) is 1.01. The van der Waals surface area contributed by atoms with Crippen molar-refractivity contribution in [3.8, 4) is 0 Å². The van der Waals surface area contributed by atoms with Gasteiger partial charge in [0.1, 0.15) is 0 Å². The molecule has 0 spiro atoms. The van der Waals surface area contributed by atoms with Crippen molar-refractivity contribution in [1.82, 2.24) is 5.32 Å². The van der Waals surface area contributed by atoms with Crippen LogP contribution >= 0.6 is 12.6 Å². The first kappa shape index (κ1) is 14.1. The molecule has 1 N–H and O–H groups in total. The standard InChI is InChI=1S/C13H21NS/c1-9(2)12(5)13(6)14-10(3)7-8-11(4)15/h7-9,14-15H,3-4H2,1-2,5-6H3/b8-7-,13-12?. The molecule has 1 nitrogen and oxygen atoms in total. The van der Waals surface area contributed by atoms with Crippen molar-refractivity contribution in [2.45, 2.75) is 27.7 Å². The minimum atomic E-state index is 0.550. The monoisotopic (exact) mass is 223 g/mol. The van der Waals surface area contributed by atoms with Gasteiger partial charge in [-0.2, -0.15) is 0 Å². The highest BCUT2D eigenvalue weighted by atomic mass is 32.1. The van der Waals surface area contributed by atoms with Crippen molar-refractivity contribution in [3.63, 3.8) is 0 Å². The van der Waals surface area contributed by atoms with Gasteiger partial charge >= 0.3 is 0 Å². The molecule has 0 bridgehead atoms. The topological polar surface area (TPSA) is 12.0 Å². The molecule has 0 aromatic carbocycles. The van der Waals surface area contributed by atoms with E-state index in [1.54, 1.807) is 0 Å². The van der Waals surface area contributed by atoms with Crippen molar-refractivity contribution in [3.05, 3.63) is 47.2 Å². The van der Waals surface area contributed by atoms with Crippen LogP contribution in [-0.4, -0.2) is 0 Å². The molecule has 0 aromatic rings. The van der Waals surface area contributed by atoms with E-state index in [1.807, 2.05) is 12.2 Å². The molecule has 0 aliphatic rings. The molecule has 0 saturated heterocycles. The number of hydrogen-bond acceptors (Lipinski definition) is 2. The summed E-state index contributed by atoms with van der Waals surface area (Å²) in [7, 11) is 0. The average molecular weight is 223 g/mol. The second-order valence-electron chi connectivity index (χ2n) is 3.94. The summed E-state index contributed by atoms with van der Waals surface area (Å²) in [5, 5.41) is 3.24. The quantitative estimate of drug-likeness (QED) is 0.529. The van der Waals surface area contributed by atoms with E-state index in [0.29, 0.717) is 5.92 Å². The third kappa shape index (κ3) is 6.24. The van der Waals surface area contributed by atoms with Gasteiger partial charge < -0.3 is 5.32 Å². The van der Waals surface area contributed by atoms with Gasteiger partial charge in [0.2, 0.25) is 0 Å². The van der Waals surface area contributed by atoms with Gasteiger partial charge in [0.05, 0.1) is 0 Å². The molecule has 0 aromatic heterocycles. The Morgan fingerprint density at radius 2 is 1.73 bits per heavy atom. The fourth-order valence-corrected chi connectivity index (χ4v) is 1.09. The van der Waals surface area contributed by atoms with Crippen LogP contribution in [0.4, 0.5) is 0 Å². The minimum absolute atomic E-state index is 0.550. The molecule has 0 rings (SSSR count). The predicted molar refractivity (Wildman–Crippen MR) is 72.8 cm³/mol. The van der Waals surface area contributed by atoms with Crippen molar-refractivity contribution >= 4 is 12.6 Å². The lowest BCUT2D eigenvalue weighted by Crippen LogP contribution is -2.11. The molecule has 0 amide bonds. The average Bonchev–Trinajstić information content (AvgIpc) is 2.13. The summed E-state index contributed by atoms with van der Waals surface area (Å²) in [6.45, 7) is 16.1. The first-order chi connectivity index (χ1) is 6.84. The molecule has 15 heavy (non-hydrogen) atoms. The second-order valence-corrected chi connectivity index (χ2v) is 4.51. The van der Waals surface area contributed by atoms with E-state index in [0.717, 1.165) is 16.3 Å². The van der Waals surface area contributed by atoms with Gasteiger partial charge in [-0.15, -0.1) is 12.6 Å². The first-order valence-corrected chi connectivity index (χ1v) is 5.48. The molecule has 0 fully saturated rings. The first-order valence-electron chi connectivity index (χ1n) is 5.03. The number of thiol groups is 1.